The number of aliphatic imine (C=N–C) groups is 1. The number of nitrogens with zero attached hydrogens (tertiary/aromatic N) is 2. The van der Waals surface area contributed by atoms with Crippen molar-refractivity contribution in [2.24, 2.45) is 4.99 Å². The van der Waals surface area contributed by atoms with Crippen LogP contribution in [-0.2, 0) is 24.0 Å². The predicted molar refractivity (Wildman–Crippen MR) is 108 cm³/mol. The molecule has 2 aliphatic rings. The van der Waals surface area contributed by atoms with Crippen molar-refractivity contribution in [1.29, 1.82) is 0 Å². The second-order valence-corrected chi connectivity index (χ2v) is 8.38. The van der Waals surface area contributed by atoms with Crippen LogP contribution in [0.5, 0.6) is 0 Å². The number of nitrogens with one attached hydrogen (secondary N) is 1. The van der Waals surface area contributed by atoms with Gasteiger partial charge in [0.2, 0.25) is 0 Å². The molecule has 0 aromatic heterocycles. The van der Waals surface area contributed by atoms with Crippen molar-refractivity contribution in [3.63, 3.8) is 0 Å². The average molecular weight is 491 g/mol. The van der Waals surface area contributed by atoms with Crippen molar-refractivity contribution in [1.82, 2.24) is 10.2 Å². The molecule has 2 aliphatic heterocycles. The zero-order valence-electron chi connectivity index (χ0n) is 15.0. The Morgan fingerprint density at radius 2 is 2.04 bits per heavy atom. The fourth-order valence-corrected chi connectivity index (χ4v) is 3.29. The standard InChI is InChI=1S/C15H29N3O5S.HI/c1-16-15(17-5-8-21-10-11-24(2,19)20)18-6-9-23-14(12-18)13-4-3-7-22-13;/h13-14H,3-12H2,1-2H3,(H,16,17);1H. The van der Waals surface area contributed by atoms with E-state index in [2.05, 4.69) is 15.2 Å². The number of halogens is 1. The molecule has 148 valence electrons. The number of hydrogen-bond acceptors (Lipinski definition) is 6. The summed E-state index contributed by atoms with van der Waals surface area (Å²) in [7, 11) is -1.21. The Morgan fingerprint density at radius 1 is 1.28 bits per heavy atom. The Kier molecular flexibility index (Phi) is 10.5. The van der Waals surface area contributed by atoms with E-state index in [-0.39, 0.29) is 48.5 Å². The van der Waals surface area contributed by atoms with Gasteiger partial charge in [0.15, 0.2) is 5.96 Å². The maximum Gasteiger partial charge on any atom is 0.193 e. The average Bonchev–Trinajstić information content (AvgIpc) is 3.08. The van der Waals surface area contributed by atoms with Gasteiger partial charge in [-0.05, 0) is 12.8 Å². The van der Waals surface area contributed by atoms with Crippen LogP contribution in [0.2, 0.25) is 0 Å². The summed E-state index contributed by atoms with van der Waals surface area (Å²) in [6.07, 6.45) is 3.64. The molecular weight excluding hydrogens is 461 g/mol. The van der Waals surface area contributed by atoms with Crippen LogP contribution in [0.25, 0.3) is 0 Å². The van der Waals surface area contributed by atoms with Crippen molar-refractivity contribution in [2.45, 2.75) is 25.0 Å². The molecule has 8 nitrogen and oxygen atoms in total. The lowest BCUT2D eigenvalue weighted by molar-refractivity contribution is -0.0817. The van der Waals surface area contributed by atoms with Crippen molar-refractivity contribution >= 4 is 39.8 Å². The van der Waals surface area contributed by atoms with E-state index in [1.165, 1.54) is 6.26 Å². The topological polar surface area (TPSA) is 89.5 Å². The van der Waals surface area contributed by atoms with Crippen LogP contribution < -0.4 is 5.32 Å². The third-order valence-corrected chi connectivity index (χ3v) is 5.02. The van der Waals surface area contributed by atoms with Crippen LogP contribution in [0, 0.1) is 0 Å². The van der Waals surface area contributed by atoms with E-state index in [1.807, 2.05) is 0 Å². The van der Waals surface area contributed by atoms with Gasteiger partial charge in [-0.3, -0.25) is 4.99 Å². The van der Waals surface area contributed by atoms with Gasteiger partial charge in [-0.25, -0.2) is 8.42 Å². The van der Waals surface area contributed by atoms with Crippen molar-refractivity contribution in [3.8, 4) is 0 Å². The van der Waals surface area contributed by atoms with E-state index < -0.39 is 9.84 Å². The van der Waals surface area contributed by atoms with E-state index >= 15 is 0 Å². The van der Waals surface area contributed by atoms with Crippen molar-refractivity contribution in [3.05, 3.63) is 0 Å². The SMILES string of the molecule is CN=C(NCCOCCS(C)(=O)=O)N1CCOC(C2CCCO2)C1.I. The highest BCUT2D eigenvalue weighted by atomic mass is 127. The number of morpholine rings is 1. The molecule has 2 rings (SSSR count). The number of guanidine groups is 1. The number of rotatable bonds is 7. The van der Waals surface area contributed by atoms with Gasteiger partial charge in [0.05, 0.1) is 31.7 Å². The Morgan fingerprint density at radius 3 is 2.68 bits per heavy atom. The largest absolute Gasteiger partial charge is 0.379 e. The van der Waals surface area contributed by atoms with Crippen molar-refractivity contribution in [2.75, 3.05) is 65.1 Å². The lowest BCUT2D eigenvalue weighted by Gasteiger charge is -2.37. The fourth-order valence-electron chi connectivity index (χ4n) is 2.87. The summed E-state index contributed by atoms with van der Waals surface area (Å²) in [6.45, 7) is 4.28. The third-order valence-electron chi connectivity index (χ3n) is 4.11. The number of sulfone groups is 1. The van der Waals surface area contributed by atoms with Gasteiger partial charge in [0.1, 0.15) is 15.9 Å². The minimum atomic E-state index is -2.97. The molecule has 2 fully saturated rings. The van der Waals surface area contributed by atoms with Gasteiger partial charge in [0.25, 0.3) is 0 Å². The van der Waals surface area contributed by atoms with Crippen LogP contribution in [0.15, 0.2) is 4.99 Å². The molecule has 2 atom stereocenters. The Hall–Kier alpha value is -0.170. The first-order valence-electron chi connectivity index (χ1n) is 8.44. The van der Waals surface area contributed by atoms with Crippen LogP contribution in [0.4, 0.5) is 0 Å². The molecule has 0 aliphatic carbocycles. The maximum absolute atomic E-state index is 11.0. The lowest BCUT2D eigenvalue weighted by atomic mass is 10.1. The minimum Gasteiger partial charge on any atom is -0.379 e. The first-order chi connectivity index (χ1) is 11.5. The maximum atomic E-state index is 11.0. The highest BCUT2D eigenvalue weighted by Gasteiger charge is 2.32. The molecule has 0 bridgehead atoms. The fraction of sp³-hybridized carbons (Fsp3) is 0.933. The lowest BCUT2D eigenvalue weighted by Crippen LogP contribution is -2.53. The molecule has 10 heteroatoms. The molecule has 0 amide bonds. The molecule has 0 aromatic rings. The number of ether oxygens (including phenoxy) is 3. The van der Waals surface area contributed by atoms with E-state index in [1.54, 1.807) is 7.05 Å². The van der Waals surface area contributed by atoms with Crippen LogP contribution in [-0.4, -0.2) is 96.6 Å². The first-order valence-corrected chi connectivity index (χ1v) is 10.5. The summed E-state index contributed by atoms with van der Waals surface area (Å²) < 4.78 is 38.9. The third kappa shape index (κ3) is 8.37. The highest BCUT2D eigenvalue weighted by Crippen LogP contribution is 2.20. The predicted octanol–water partition coefficient (Wildman–Crippen LogP) is 0.121. The quantitative estimate of drug-likeness (QED) is 0.234. The van der Waals surface area contributed by atoms with E-state index in [0.717, 1.165) is 38.5 Å². The van der Waals surface area contributed by atoms with Gasteiger partial charge < -0.3 is 24.4 Å². The Bertz CT molecular complexity index is 511. The molecule has 2 heterocycles. The van der Waals surface area contributed by atoms with E-state index in [4.69, 9.17) is 14.2 Å². The summed E-state index contributed by atoms with van der Waals surface area (Å²) >= 11 is 0. The summed E-state index contributed by atoms with van der Waals surface area (Å²) in [5, 5.41) is 3.25. The molecule has 0 spiro atoms. The van der Waals surface area contributed by atoms with Crippen LogP contribution in [0.3, 0.4) is 0 Å². The van der Waals surface area contributed by atoms with Crippen LogP contribution in [0.1, 0.15) is 12.8 Å². The smallest absolute Gasteiger partial charge is 0.193 e. The molecule has 0 aromatic carbocycles. The van der Waals surface area contributed by atoms with Gasteiger partial charge in [0, 0.05) is 39.5 Å². The zero-order valence-corrected chi connectivity index (χ0v) is 18.1. The monoisotopic (exact) mass is 491 g/mol. The summed E-state index contributed by atoms with van der Waals surface area (Å²) in [4.78, 5) is 6.49. The second kappa shape index (κ2) is 11.5. The molecule has 2 saturated heterocycles. The Balaban J connectivity index is 0.00000312. The summed E-state index contributed by atoms with van der Waals surface area (Å²) in [5.74, 6) is 0.863. The normalized spacial score (nSPS) is 24.9. The summed E-state index contributed by atoms with van der Waals surface area (Å²) in [6, 6.07) is 0. The number of hydrogen-bond donors (Lipinski definition) is 1. The van der Waals surface area contributed by atoms with E-state index in [0.29, 0.717) is 19.8 Å². The van der Waals surface area contributed by atoms with Crippen molar-refractivity contribution < 1.29 is 22.6 Å². The van der Waals surface area contributed by atoms with Gasteiger partial charge >= 0.3 is 0 Å². The van der Waals surface area contributed by atoms with E-state index in [9.17, 15) is 8.42 Å². The van der Waals surface area contributed by atoms with Gasteiger partial charge in [-0.2, -0.15) is 0 Å². The summed E-state index contributed by atoms with van der Waals surface area (Å²) in [5.41, 5.74) is 0. The molecule has 0 saturated carbocycles. The first kappa shape index (κ1) is 22.9. The van der Waals surface area contributed by atoms with Gasteiger partial charge in [-0.1, -0.05) is 0 Å². The molecular formula is C15H30IN3O5S. The molecule has 0 radical (unpaired) electrons. The molecule has 2 unspecified atom stereocenters. The minimum absolute atomic E-state index is 0. The van der Waals surface area contributed by atoms with Gasteiger partial charge in [-0.15, -0.1) is 24.0 Å². The highest BCUT2D eigenvalue weighted by molar-refractivity contribution is 14.0. The second-order valence-electron chi connectivity index (χ2n) is 6.12. The Labute approximate surface area is 167 Å². The van der Waals surface area contributed by atoms with Crippen LogP contribution >= 0.6 is 24.0 Å². The molecule has 1 N–H and O–H groups in total. The zero-order chi connectivity index (χ0) is 17.4. The molecule has 25 heavy (non-hydrogen) atoms.